The van der Waals surface area contributed by atoms with Crippen molar-refractivity contribution in [1.29, 1.82) is 0 Å². The van der Waals surface area contributed by atoms with Crippen LogP contribution in [0.1, 0.15) is 16.7 Å². The summed E-state index contributed by atoms with van der Waals surface area (Å²) < 4.78 is 11.0. The average Bonchev–Trinajstić information content (AvgIpc) is 3.09. The Morgan fingerprint density at radius 1 is 1.19 bits per heavy atom. The highest BCUT2D eigenvalue weighted by Crippen LogP contribution is 2.32. The van der Waals surface area contributed by atoms with Gasteiger partial charge in [-0.25, -0.2) is 0 Å². The van der Waals surface area contributed by atoms with Crippen molar-refractivity contribution in [3.05, 3.63) is 46.2 Å². The first-order valence-corrected chi connectivity index (χ1v) is 9.59. The van der Waals surface area contributed by atoms with Gasteiger partial charge in [0.25, 0.3) is 0 Å². The second-order valence-electron chi connectivity index (χ2n) is 6.04. The van der Waals surface area contributed by atoms with Gasteiger partial charge in [-0.15, -0.1) is 11.3 Å². The van der Waals surface area contributed by atoms with Gasteiger partial charge in [0.2, 0.25) is 11.8 Å². The fourth-order valence-electron chi connectivity index (χ4n) is 2.64. The number of carbonyl (C=O) groups is 2. The second kappa shape index (κ2) is 8.73. The zero-order valence-corrected chi connectivity index (χ0v) is 16.2. The number of carbonyl (C=O) groups excluding carboxylic acids is 2. The van der Waals surface area contributed by atoms with Gasteiger partial charge in [0.15, 0.2) is 11.5 Å². The molecular formula is C20H22N2O4S. The molecule has 1 aromatic carbocycles. The predicted molar refractivity (Wildman–Crippen MR) is 106 cm³/mol. The maximum Gasteiger partial charge on any atom is 0.247 e. The molecule has 0 bridgehead atoms. The van der Waals surface area contributed by atoms with Crippen LogP contribution in [0.15, 0.2) is 36.4 Å². The number of fused-ring (bicyclic) bond motifs is 1. The van der Waals surface area contributed by atoms with Crippen molar-refractivity contribution >= 4 is 34.9 Å². The number of thiophene rings is 1. The predicted octanol–water partition coefficient (Wildman–Crippen LogP) is 3.33. The van der Waals surface area contributed by atoms with Crippen LogP contribution in [0.5, 0.6) is 11.5 Å². The Hall–Kier alpha value is -2.80. The van der Waals surface area contributed by atoms with E-state index in [1.807, 2.05) is 26.0 Å². The molecule has 7 heteroatoms. The van der Waals surface area contributed by atoms with E-state index in [0.29, 0.717) is 36.9 Å². The van der Waals surface area contributed by atoms with Crippen molar-refractivity contribution in [3.8, 4) is 11.5 Å². The molecule has 1 aliphatic heterocycles. The molecule has 2 amide bonds. The lowest BCUT2D eigenvalue weighted by molar-refractivity contribution is -0.130. The van der Waals surface area contributed by atoms with Crippen molar-refractivity contribution in [2.24, 2.45) is 0 Å². The van der Waals surface area contributed by atoms with Crippen molar-refractivity contribution < 1.29 is 19.1 Å². The second-order valence-corrected chi connectivity index (χ2v) is 7.36. The zero-order valence-electron chi connectivity index (χ0n) is 15.4. The molecule has 0 spiro atoms. The molecule has 6 nitrogen and oxygen atoms in total. The van der Waals surface area contributed by atoms with Gasteiger partial charge in [0, 0.05) is 34.1 Å². The summed E-state index contributed by atoms with van der Waals surface area (Å²) in [5.74, 6) is 0.818. The largest absolute Gasteiger partial charge is 0.486 e. The molecule has 27 heavy (non-hydrogen) atoms. The standard InChI is InChI=1S/C20H22N2O4S/c1-3-22(20(24)9-7-16-6-4-14(2)27-16)13-19(23)21-15-5-8-17-18(12-15)26-11-10-25-17/h4-9,12H,3,10-11,13H2,1-2H3,(H,21,23). The van der Waals surface area contributed by atoms with E-state index in [1.54, 1.807) is 35.6 Å². The normalized spacial score (nSPS) is 12.8. The maximum absolute atomic E-state index is 12.4. The van der Waals surface area contributed by atoms with Gasteiger partial charge in [-0.05, 0) is 44.2 Å². The van der Waals surface area contributed by atoms with Crippen LogP contribution in [0.25, 0.3) is 6.08 Å². The number of likely N-dealkylation sites (N-methyl/N-ethyl adjacent to an activating group) is 1. The highest BCUT2D eigenvalue weighted by Gasteiger charge is 2.16. The lowest BCUT2D eigenvalue weighted by atomic mass is 10.2. The first-order chi connectivity index (χ1) is 13.0. The first-order valence-electron chi connectivity index (χ1n) is 8.78. The van der Waals surface area contributed by atoms with E-state index in [-0.39, 0.29) is 18.4 Å². The Morgan fingerprint density at radius 2 is 1.96 bits per heavy atom. The molecule has 0 aliphatic carbocycles. The van der Waals surface area contributed by atoms with Crippen molar-refractivity contribution in [2.45, 2.75) is 13.8 Å². The number of anilines is 1. The smallest absolute Gasteiger partial charge is 0.247 e. The molecule has 0 saturated carbocycles. The van der Waals surface area contributed by atoms with Crippen LogP contribution in [-0.2, 0) is 9.59 Å². The number of ether oxygens (including phenoxy) is 2. The highest BCUT2D eigenvalue weighted by molar-refractivity contribution is 7.12. The van der Waals surface area contributed by atoms with Crippen LogP contribution in [0, 0.1) is 6.92 Å². The Morgan fingerprint density at radius 3 is 2.67 bits per heavy atom. The van der Waals surface area contributed by atoms with E-state index >= 15 is 0 Å². The summed E-state index contributed by atoms with van der Waals surface area (Å²) >= 11 is 1.62. The molecule has 0 unspecified atom stereocenters. The summed E-state index contributed by atoms with van der Waals surface area (Å²) in [4.78, 5) is 28.4. The summed E-state index contributed by atoms with van der Waals surface area (Å²) in [7, 11) is 0. The SMILES string of the molecule is CCN(CC(=O)Nc1ccc2c(c1)OCCO2)C(=O)C=Cc1ccc(C)s1. The molecule has 0 atom stereocenters. The van der Waals surface area contributed by atoms with Crippen LogP contribution in [0.4, 0.5) is 5.69 Å². The van der Waals surface area contributed by atoms with E-state index in [9.17, 15) is 9.59 Å². The molecule has 1 N–H and O–H groups in total. The first kappa shape index (κ1) is 19.0. The number of nitrogens with one attached hydrogen (secondary N) is 1. The molecule has 142 valence electrons. The lowest BCUT2D eigenvalue weighted by Gasteiger charge is -2.20. The van der Waals surface area contributed by atoms with Gasteiger partial charge in [-0.2, -0.15) is 0 Å². The lowest BCUT2D eigenvalue weighted by Crippen LogP contribution is -2.36. The maximum atomic E-state index is 12.4. The molecule has 2 aromatic rings. The number of hydrogen-bond donors (Lipinski definition) is 1. The van der Waals surface area contributed by atoms with E-state index in [2.05, 4.69) is 5.32 Å². The molecule has 0 radical (unpaired) electrons. The summed E-state index contributed by atoms with van der Waals surface area (Å²) in [5, 5.41) is 2.80. The van der Waals surface area contributed by atoms with Crippen LogP contribution in [0.3, 0.4) is 0 Å². The van der Waals surface area contributed by atoms with Gasteiger partial charge < -0.3 is 19.7 Å². The number of nitrogens with zero attached hydrogens (tertiary/aromatic N) is 1. The number of hydrogen-bond acceptors (Lipinski definition) is 5. The minimum atomic E-state index is -0.262. The number of benzene rings is 1. The van der Waals surface area contributed by atoms with Gasteiger partial charge in [0.05, 0.1) is 0 Å². The monoisotopic (exact) mass is 386 g/mol. The molecule has 3 rings (SSSR count). The summed E-state index contributed by atoms with van der Waals surface area (Å²) in [6.45, 7) is 5.30. The van der Waals surface area contributed by atoms with E-state index < -0.39 is 0 Å². The zero-order chi connectivity index (χ0) is 19.2. The summed E-state index contributed by atoms with van der Waals surface area (Å²) in [5.41, 5.74) is 0.609. The van der Waals surface area contributed by atoms with Crippen LogP contribution in [-0.4, -0.2) is 43.0 Å². The molecule has 0 fully saturated rings. The third-order valence-corrected chi connectivity index (χ3v) is 4.97. The fraction of sp³-hybridized carbons (Fsp3) is 0.300. The Kier molecular flexibility index (Phi) is 6.13. The van der Waals surface area contributed by atoms with Crippen molar-refractivity contribution in [3.63, 3.8) is 0 Å². The third kappa shape index (κ3) is 5.10. The molecule has 2 heterocycles. The molecule has 1 aliphatic rings. The summed E-state index contributed by atoms with van der Waals surface area (Å²) in [6, 6.07) is 9.21. The van der Waals surface area contributed by atoms with Crippen LogP contribution >= 0.6 is 11.3 Å². The molecular weight excluding hydrogens is 364 g/mol. The molecule has 0 saturated heterocycles. The Balaban J connectivity index is 1.58. The third-order valence-electron chi connectivity index (χ3n) is 4.01. The minimum Gasteiger partial charge on any atom is -0.486 e. The van der Waals surface area contributed by atoms with Crippen LogP contribution < -0.4 is 14.8 Å². The number of amides is 2. The van der Waals surface area contributed by atoms with E-state index in [0.717, 1.165) is 4.88 Å². The highest BCUT2D eigenvalue weighted by atomic mass is 32.1. The quantitative estimate of drug-likeness (QED) is 0.774. The Labute approximate surface area is 162 Å². The minimum absolute atomic E-state index is 0.0163. The van der Waals surface area contributed by atoms with Crippen molar-refractivity contribution in [2.75, 3.05) is 31.6 Å². The average molecular weight is 386 g/mol. The fourth-order valence-corrected chi connectivity index (χ4v) is 3.42. The number of aryl methyl sites for hydroxylation is 1. The topological polar surface area (TPSA) is 67.9 Å². The van der Waals surface area contributed by atoms with Crippen molar-refractivity contribution in [1.82, 2.24) is 4.90 Å². The van der Waals surface area contributed by atoms with E-state index in [1.165, 1.54) is 15.9 Å². The van der Waals surface area contributed by atoms with Gasteiger partial charge in [-0.3, -0.25) is 9.59 Å². The van der Waals surface area contributed by atoms with Gasteiger partial charge in [0.1, 0.15) is 19.8 Å². The Bertz CT molecular complexity index is 859. The number of rotatable bonds is 6. The van der Waals surface area contributed by atoms with Gasteiger partial charge >= 0.3 is 0 Å². The summed E-state index contributed by atoms with van der Waals surface area (Å²) in [6.07, 6.45) is 3.29. The van der Waals surface area contributed by atoms with E-state index in [4.69, 9.17) is 9.47 Å². The van der Waals surface area contributed by atoms with Gasteiger partial charge in [-0.1, -0.05) is 0 Å². The molecule has 1 aromatic heterocycles. The van der Waals surface area contributed by atoms with Crippen LogP contribution in [0.2, 0.25) is 0 Å².